The molecule has 0 aliphatic heterocycles. The molecule has 0 fully saturated rings. The van der Waals surface area contributed by atoms with Gasteiger partial charge in [0.15, 0.2) is 5.13 Å². The molecule has 0 spiro atoms. The largest absolute Gasteiger partial charge is 0.497 e. The summed E-state index contributed by atoms with van der Waals surface area (Å²) in [5.41, 5.74) is 2.31. The Balaban J connectivity index is 1.68. The van der Waals surface area contributed by atoms with Crippen LogP contribution in [-0.4, -0.2) is 18.0 Å². The number of carbonyl (C=O) groups is 1. The lowest BCUT2D eigenvalue weighted by Gasteiger charge is -2.04. The minimum Gasteiger partial charge on any atom is -0.497 e. The highest BCUT2D eigenvalue weighted by molar-refractivity contribution is 7.14. The first kappa shape index (κ1) is 17.7. The van der Waals surface area contributed by atoms with E-state index in [0.717, 1.165) is 16.9 Å². The number of amides is 1. The summed E-state index contributed by atoms with van der Waals surface area (Å²) in [6, 6.07) is 12.6. The van der Waals surface area contributed by atoms with Crippen molar-refractivity contribution in [2.45, 2.75) is 6.42 Å². The molecule has 7 heteroatoms. The number of halogens is 2. The molecule has 1 N–H and O–H groups in total. The third-order valence-electron chi connectivity index (χ3n) is 3.48. The van der Waals surface area contributed by atoms with E-state index in [2.05, 4.69) is 10.3 Å². The number of benzene rings is 2. The van der Waals surface area contributed by atoms with E-state index < -0.39 is 0 Å². The van der Waals surface area contributed by atoms with Crippen LogP contribution >= 0.6 is 34.5 Å². The van der Waals surface area contributed by atoms with Crippen molar-refractivity contribution in [3.63, 3.8) is 0 Å². The number of rotatable bonds is 5. The van der Waals surface area contributed by atoms with Crippen molar-refractivity contribution in [1.29, 1.82) is 0 Å². The minimum atomic E-state index is -0.136. The standard InChI is InChI=1S/C18H14Cl2N2O2S/c1-24-13-5-2-11(3-6-13)8-17(23)22-18-21-16(10-25-18)14-9-12(19)4-7-15(14)20/h2-7,9-10H,8H2,1H3,(H,21,22,23). The number of nitrogens with one attached hydrogen (secondary N) is 1. The Morgan fingerprint density at radius 2 is 1.96 bits per heavy atom. The van der Waals surface area contributed by atoms with Crippen LogP contribution in [-0.2, 0) is 11.2 Å². The van der Waals surface area contributed by atoms with E-state index in [9.17, 15) is 4.79 Å². The number of methoxy groups -OCH3 is 1. The van der Waals surface area contributed by atoms with Crippen LogP contribution in [0.3, 0.4) is 0 Å². The molecule has 4 nitrogen and oxygen atoms in total. The van der Waals surface area contributed by atoms with Gasteiger partial charge < -0.3 is 10.1 Å². The minimum absolute atomic E-state index is 0.136. The lowest BCUT2D eigenvalue weighted by Crippen LogP contribution is -2.14. The first-order valence-electron chi connectivity index (χ1n) is 7.39. The van der Waals surface area contributed by atoms with E-state index in [0.29, 0.717) is 20.9 Å². The molecule has 0 atom stereocenters. The average Bonchev–Trinajstić information content (AvgIpc) is 3.05. The number of hydrogen-bond acceptors (Lipinski definition) is 4. The zero-order chi connectivity index (χ0) is 17.8. The van der Waals surface area contributed by atoms with Gasteiger partial charge in [-0.2, -0.15) is 0 Å². The Morgan fingerprint density at radius 1 is 1.20 bits per heavy atom. The molecule has 0 bridgehead atoms. The lowest BCUT2D eigenvalue weighted by molar-refractivity contribution is -0.115. The second-order valence-electron chi connectivity index (χ2n) is 5.24. The quantitative estimate of drug-likeness (QED) is 0.640. The fraction of sp³-hybridized carbons (Fsp3) is 0.111. The van der Waals surface area contributed by atoms with Crippen LogP contribution in [0.4, 0.5) is 5.13 Å². The molecule has 1 amide bonds. The van der Waals surface area contributed by atoms with Crippen molar-refractivity contribution in [2.75, 3.05) is 12.4 Å². The zero-order valence-corrected chi connectivity index (χ0v) is 15.6. The molecule has 1 aromatic heterocycles. The molecule has 0 unspecified atom stereocenters. The number of aromatic nitrogens is 1. The monoisotopic (exact) mass is 392 g/mol. The van der Waals surface area contributed by atoms with Crippen LogP contribution in [0.1, 0.15) is 5.56 Å². The Labute approximate surface area is 159 Å². The molecule has 3 rings (SSSR count). The van der Waals surface area contributed by atoms with E-state index in [4.69, 9.17) is 27.9 Å². The first-order valence-corrected chi connectivity index (χ1v) is 9.02. The lowest BCUT2D eigenvalue weighted by atomic mass is 10.1. The summed E-state index contributed by atoms with van der Waals surface area (Å²) in [4.78, 5) is 16.6. The molecule has 25 heavy (non-hydrogen) atoms. The summed E-state index contributed by atoms with van der Waals surface area (Å²) in [7, 11) is 1.61. The van der Waals surface area contributed by atoms with Gasteiger partial charge in [0.2, 0.25) is 5.91 Å². The van der Waals surface area contributed by atoms with Crippen LogP contribution in [0.2, 0.25) is 10.0 Å². The maximum atomic E-state index is 12.2. The van der Waals surface area contributed by atoms with Gasteiger partial charge >= 0.3 is 0 Å². The van der Waals surface area contributed by atoms with Gasteiger partial charge in [-0.3, -0.25) is 4.79 Å². The van der Waals surface area contributed by atoms with Crippen molar-refractivity contribution in [2.24, 2.45) is 0 Å². The molecule has 3 aromatic rings. The first-order chi connectivity index (χ1) is 12.0. The van der Waals surface area contributed by atoms with E-state index in [-0.39, 0.29) is 12.3 Å². The van der Waals surface area contributed by atoms with Crippen molar-refractivity contribution < 1.29 is 9.53 Å². The summed E-state index contributed by atoms with van der Waals surface area (Å²) in [5.74, 6) is 0.621. The molecule has 1 heterocycles. The molecule has 0 radical (unpaired) electrons. The third kappa shape index (κ3) is 4.51. The van der Waals surface area contributed by atoms with Crippen LogP contribution in [0.15, 0.2) is 47.8 Å². The maximum Gasteiger partial charge on any atom is 0.230 e. The highest BCUT2D eigenvalue weighted by Gasteiger charge is 2.11. The van der Waals surface area contributed by atoms with Crippen molar-refractivity contribution in [3.8, 4) is 17.0 Å². The number of carbonyl (C=O) groups excluding carboxylic acids is 1. The van der Waals surface area contributed by atoms with Crippen LogP contribution < -0.4 is 10.1 Å². The number of hydrogen-bond donors (Lipinski definition) is 1. The normalized spacial score (nSPS) is 10.5. The molecule has 0 saturated heterocycles. The predicted octanol–water partition coefficient (Wildman–Crippen LogP) is 5.31. The Bertz CT molecular complexity index is 894. The zero-order valence-electron chi connectivity index (χ0n) is 13.3. The number of thiazole rings is 1. The summed E-state index contributed by atoms with van der Waals surface area (Å²) in [6.07, 6.45) is 0.261. The van der Waals surface area contributed by atoms with Crippen molar-refractivity contribution >= 4 is 45.6 Å². The Kier molecular flexibility index (Phi) is 5.58. The van der Waals surface area contributed by atoms with Gasteiger partial charge in [-0.25, -0.2) is 4.98 Å². The molecule has 2 aromatic carbocycles. The van der Waals surface area contributed by atoms with Gasteiger partial charge in [-0.05, 0) is 35.9 Å². The van der Waals surface area contributed by atoms with Crippen LogP contribution in [0.5, 0.6) is 5.75 Å². The average molecular weight is 393 g/mol. The third-order valence-corrected chi connectivity index (χ3v) is 4.80. The van der Waals surface area contributed by atoms with E-state index >= 15 is 0 Å². The van der Waals surface area contributed by atoms with Gasteiger partial charge in [0.25, 0.3) is 0 Å². The molecule has 0 aliphatic rings. The fourth-order valence-electron chi connectivity index (χ4n) is 2.24. The molecule has 0 saturated carbocycles. The summed E-state index contributed by atoms with van der Waals surface area (Å²) in [6.45, 7) is 0. The van der Waals surface area contributed by atoms with Gasteiger partial charge in [0.1, 0.15) is 5.75 Å². The second-order valence-corrected chi connectivity index (χ2v) is 6.94. The molecular weight excluding hydrogens is 379 g/mol. The number of anilines is 1. The summed E-state index contributed by atoms with van der Waals surface area (Å²) in [5, 5.41) is 6.30. The number of ether oxygens (including phenoxy) is 1. The molecular formula is C18H14Cl2N2O2S. The smallest absolute Gasteiger partial charge is 0.230 e. The van der Waals surface area contributed by atoms with Gasteiger partial charge in [-0.15, -0.1) is 11.3 Å². The van der Waals surface area contributed by atoms with Gasteiger partial charge in [0, 0.05) is 16.0 Å². The van der Waals surface area contributed by atoms with Gasteiger partial charge in [-0.1, -0.05) is 35.3 Å². The van der Waals surface area contributed by atoms with Gasteiger partial charge in [0.05, 0.1) is 24.2 Å². The van der Waals surface area contributed by atoms with Crippen LogP contribution in [0, 0.1) is 0 Å². The highest BCUT2D eigenvalue weighted by Crippen LogP contribution is 2.32. The van der Waals surface area contributed by atoms with E-state index in [1.54, 1.807) is 25.3 Å². The fourth-order valence-corrected chi connectivity index (χ4v) is 3.35. The number of nitrogens with zero attached hydrogens (tertiary/aromatic N) is 1. The van der Waals surface area contributed by atoms with Crippen molar-refractivity contribution in [1.82, 2.24) is 4.98 Å². The summed E-state index contributed by atoms with van der Waals surface area (Å²) < 4.78 is 5.10. The molecule has 0 aliphatic carbocycles. The second kappa shape index (κ2) is 7.87. The summed E-state index contributed by atoms with van der Waals surface area (Å²) >= 11 is 13.5. The SMILES string of the molecule is COc1ccc(CC(=O)Nc2nc(-c3cc(Cl)ccc3Cl)cs2)cc1. The molecule has 128 valence electrons. The van der Waals surface area contributed by atoms with Crippen LogP contribution in [0.25, 0.3) is 11.3 Å². The van der Waals surface area contributed by atoms with E-state index in [1.807, 2.05) is 29.6 Å². The maximum absolute atomic E-state index is 12.2. The Hall–Kier alpha value is -2.08. The van der Waals surface area contributed by atoms with E-state index in [1.165, 1.54) is 11.3 Å². The predicted molar refractivity (Wildman–Crippen MR) is 103 cm³/mol. The highest BCUT2D eigenvalue weighted by atomic mass is 35.5. The topological polar surface area (TPSA) is 51.2 Å². The Morgan fingerprint density at radius 3 is 2.68 bits per heavy atom. The van der Waals surface area contributed by atoms with Crippen molar-refractivity contribution in [3.05, 3.63) is 63.5 Å².